The SMILES string of the molecule is CCCCOc1ccc(NC(=O)NCc2nnc3cc(-c4nc(C)no4)ccn23)cc1. The van der Waals surface area contributed by atoms with Crippen molar-refractivity contribution in [2.24, 2.45) is 0 Å². The van der Waals surface area contributed by atoms with Crippen LogP contribution in [0.15, 0.2) is 47.1 Å². The van der Waals surface area contributed by atoms with Crippen molar-refractivity contribution in [3.63, 3.8) is 0 Å². The second kappa shape index (κ2) is 9.24. The van der Waals surface area contributed by atoms with Crippen molar-refractivity contribution in [1.29, 1.82) is 0 Å². The molecule has 31 heavy (non-hydrogen) atoms. The third-order valence-corrected chi connectivity index (χ3v) is 4.54. The Balaban J connectivity index is 1.34. The van der Waals surface area contributed by atoms with Gasteiger partial charge in [-0.1, -0.05) is 18.5 Å². The van der Waals surface area contributed by atoms with Crippen LogP contribution in [-0.2, 0) is 6.54 Å². The van der Waals surface area contributed by atoms with E-state index in [1.807, 2.05) is 18.2 Å². The van der Waals surface area contributed by atoms with E-state index in [1.165, 1.54) is 0 Å². The summed E-state index contributed by atoms with van der Waals surface area (Å²) >= 11 is 0. The predicted molar refractivity (Wildman–Crippen MR) is 114 cm³/mol. The number of pyridine rings is 1. The number of amides is 2. The van der Waals surface area contributed by atoms with Crippen LogP contribution in [0.4, 0.5) is 10.5 Å². The number of carbonyl (C=O) groups is 1. The number of anilines is 1. The number of hydrogen-bond donors (Lipinski definition) is 2. The summed E-state index contributed by atoms with van der Waals surface area (Å²) < 4.78 is 12.6. The van der Waals surface area contributed by atoms with Gasteiger partial charge in [-0.25, -0.2) is 4.79 Å². The van der Waals surface area contributed by atoms with Gasteiger partial charge in [0.2, 0.25) is 0 Å². The van der Waals surface area contributed by atoms with E-state index in [1.54, 1.807) is 35.7 Å². The first-order valence-electron chi connectivity index (χ1n) is 10.0. The molecule has 10 nitrogen and oxygen atoms in total. The van der Waals surface area contributed by atoms with E-state index in [0.29, 0.717) is 35.5 Å². The molecule has 0 aliphatic heterocycles. The minimum absolute atomic E-state index is 0.213. The number of aryl methyl sites for hydroxylation is 1. The van der Waals surface area contributed by atoms with Crippen LogP contribution in [0.5, 0.6) is 5.75 Å². The highest BCUT2D eigenvalue weighted by Gasteiger charge is 2.11. The number of nitrogens with zero attached hydrogens (tertiary/aromatic N) is 5. The van der Waals surface area contributed by atoms with Crippen molar-refractivity contribution in [2.45, 2.75) is 33.2 Å². The van der Waals surface area contributed by atoms with Crippen molar-refractivity contribution in [1.82, 2.24) is 30.1 Å². The van der Waals surface area contributed by atoms with Crippen LogP contribution in [-0.4, -0.2) is 37.4 Å². The number of nitrogens with one attached hydrogen (secondary N) is 2. The van der Waals surface area contributed by atoms with Gasteiger partial charge in [0.1, 0.15) is 5.75 Å². The highest BCUT2D eigenvalue weighted by molar-refractivity contribution is 5.89. The maximum Gasteiger partial charge on any atom is 0.319 e. The molecule has 0 radical (unpaired) electrons. The van der Waals surface area contributed by atoms with Crippen LogP contribution >= 0.6 is 0 Å². The van der Waals surface area contributed by atoms with Crippen LogP contribution < -0.4 is 15.4 Å². The van der Waals surface area contributed by atoms with Gasteiger partial charge in [0.25, 0.3) is 5.89 Å². The molecule has 10 heteroatoms. The Morgan fingerprint density at radius 3 is 2.77 bits per heavy atom. The summed E-state index contributed by atoms with van der Waals surface area (Å²) in [6.07, 6.45) is 3.90. The third-order valence-electron chi connectivity index (χ3n) is 4.54. The summed E-state index contributed by atoms with van der Waals surface area (Å²) in [6.45, 7) is 4.77. The molecule has 0 saturated carbocycles. The van der Waals surface area contributed by atoms with Crippen LogP contribution in [0.1, 0.15) is 31.4 Å². The van der Waals surface area contributed by atoms with E-state index in [-0.39, 0.29) is 12.6 Å². The molecule has 0 aliphatic rings. The molecule has 2 N–H and O–H groups in total. The summed E-state index contributed by atoms with van der Waals surface area (Å²) in [5, 5.41) is 17.7. The monoisotopic (exact) mass is 421 g/mol. The van der Waals surface area contributed by atoms with Crippen molar-refractivity contribution in [3.05, 3.63) is 54.2 Å². The lowest BCUT2D eigenvalue weighted by Crippen LogP contribution is -2.28. The molecule has 1 aromatic carbocycles. The number of rotatable bonds is 8. The lowest BCUT2D eigenvalue weighted by atomic mass is 10.2. The average molecular weight is 421 g/mol. The maximum atomic E-state index is 12.2. The third kappa shape index (κ3) is 4.97. The Hall–Kier alpha value is -3.95. The molecule has 0 unspecified atom stereocenters. The number of benzene rings is 1. The predicted octanol–water partition coefficient (Wildman–Crippen LogP) is 3.59. The topological polar surface area (TPSA) is 119 Å². The molecule has 4 aromatic rings. The number of ether oxygens (including phenoxy) is 1. The molecule has 0 fully saturated rings. The molecule has 0 spiro atoms. The molecule has 4 rings (SSSR count). The van der Waals surface area contributed by atoms with E-state index in [2.05, 4.69) is 37.9 Å². The Labute approximate surface area is 178 Å². The Kier molecular flexibility index (Phi) is 6.06. The first kappa shape index (κ1) is 20.3. The van der Waals surface area contributed by atoms with E-state index >= 15 is 0 Å². The molecule has 0 aliphatic carbocycles. The molecular weight excluding hydrogens is 398 g/mol. The number of unbranched alkanes of at least 4 members (excludes halogenated alkanes) is 1. The van der Waals surface area contributed by atoms with Crippen molar-refractivity contribution < 1.29 is 14.1 Å². The molecule has 0 bridgehead atoms. The summed E-state index contributed by atoms with van der Waals surface area (Å²) in [6, 6.07) is 10.6. The van der Waals surface area contributed by atoms with Gasteiger partial charge in [0, 0.05) is 17.4 Å². The minimum atomic E-state index is -0.339. The van der Waals surface area contributed by atoms with Gasteiger partial charge >= 0.3 is 6.03 Å². The van der Waals surface area contributed by atoms with Gasteiger partial charge in [-0.3, -0.25) is 4.40 Å². The van der Waals surface area contributed by atoms with Crippen LogP contribution in [0.3, 0.4) is 0 Å². The number of urea groups is 1. The van der Waals surface area contributed by atoms with E-state index < -0.39 is 0 Å². The molecule has 160 valence electrons. The average Bonchev–Trinajstić information content (AvgIpc) is 3.39. The van der Waals surface area contributed by atoms with Gasteiger partial charge in [0.15, 0.2) is 17.3 Å². The van der Waals surface area contributed by atoms with Gasteiger partial charge in [0.05, 0.1) is 13.2 Å². The largest absolute Gasteiger partial charge is 0.494 e. The normalized spacial score (nSPS) is 10.9. The Morgan fingerprint density at radius 2 is 2.03 bits per heavy atom. The number of carbonyl (C=O) groups excluding carboxylic acids is 1. The minimum Gasteiger partial charge on any atom is -0.494 e. The lowest BCUT2D eigenvalue weighted by Gasteiger charge is -2.09. The van der Waals surface area contributed by atoms with Gasteiger partial charge in [-0.15, -0.1) is 10.2 Å². The van der Waals surface area contributed by atoms with Crippen molar-refractivity contribution >= 4 is 17.4 Å². The fourth-order valence-corrected chi connectivity index (χ4v) is 2.91. The first-order chi connectivity index (χ1) is 15.1. The molecule has 0 atom stereocenters. The number of aromatic nitrogens is 5. The second-order valence-electron chi connectivity index (χ2n) is 6.94. The zero-order valence-electron chi connectivity index (χ0n) is 17.3. The quantitative estimate of drug-likeness (QED) is 0.417. The molecular formula is C21H23N7O3. The van der Waals surface area contributed by atoms with Crippen molar-refractivity contribution in [2.75, 3.05) is 11.9 Å². The van der Waals surface area contributed by atoms with Gasteiger partial charge in [-0.2, -0.15) is 4.98 Å². The summed E-state index contributed by atoms with van der Waals surface area (Å²) in [5.41, 5.74) is 2.04. The van der Waals surface area contributed by atoms with E-state index in [4.69, 9.17) is 9.26 Å². The number of fused-ring (bicyclic) bond motifs is 1. The molecule has 2 amide bonds. The summed E-state index contributed by atoms with van der Waals surface area (Å²) in [7, 11) is 0. The van der Waals surface area contributed by atoms with Crippen LogP contribution in [0.2, 0.25) is 0 Å². The Morgan fingerprint density at radius 1 is 1.19 bits per heavy atom. The van der Waals surface area contributed by atoms with Crippen LogP contribution in [0, 0.1) is 6.92 Å². The van der Waals surface area contributed by atoms with Gasteiger partial charge in [-0.05, 0) is 49.7 Å². The highest BCUT2D eigenvalue weighted by Crippen LogP contribution is 2.19. The van der Waals surface area contributed by atoms with E-state index in [0.717, 1.165) is 24.2 Å². The Bertz CT molecular complexity index is 1170. The summed E-state index contributed by atoms with van der Waals surface area (Å²) in [4.78, 5) is 16.5. The van der Waals surface area contributed by atoms with Gasteiger partial charge < -0.3 is 19.9 Å². The first-order valence-corrected chi connectivity index (χ1v) is 10.0. The van der Waals surface area contributed by atoms with Crippen molar-refractivity contribution in [3.8, 4) is 17.2 Å². The summed E-state index contributed by atoms with van der Waals surface area (Å²) in [5.74, 6) is 2.36. The molecule has 0 saturated heterocycles. The van der Waals surface area contributed by atoms with E-state index in [9.17, 15) is 4.79 Å². The number of hydrogen-bond acceptors (Lipinski definition) is 7. The highest BCUT2D eigenvalue weighted by atomic mass is 16.5. The zero-order chi connectivity index (χ0) is 21.6. The van der Waals surface area contributed by atoms with Crippen LogP contribution in [0.25, 0.3) is 17.1 Å². The second-order valence-corrected chi connectivity index (χ2v) is 6.94. The fourth-order valence-electron chi connectivity index (χ4n) is 2.91. The zero-order valence-corrected chi connectivity index (χ0v) is 17.3. The molecule has 3 heterocycles. The maximum absolute atomic E-state index is 12.2. The molecule has 3 aromatic heterocycles. The standard InChI is InChI=1S/C21H23N7O3/c1-3-4-11-30-17-7-5-16(6-8-17)24-21(29)22-13-19-26-25-18-12-15(9-10-28(18)19)20-23-14(2)27-31-20/h5-10,12H,3-4,11,13H2,1-2H3,(H2,22,24,29). The smallest absolute Gasteiger partial charge is 0.319 e. The lowest BCUT2D eigenvalue weighted by molar-refractivity contribution is 0.251. The fraction of sp³-hybridized carbons (Fsp3) is 0.286.